The van der Waals surface area contributed by atoms with E-state index in [1.807, 2.05) is 0 Å². The zero-order chi connectivity index (χ0) is 18.7. The number of amides is 1. The molecule has 2 fully saturated rings. The molecular weight excluding hydrogens is 348 g/mol. The Kier molecular flexibility index (Phi) is 5.85. The second-order valence-corrected chi connectivity index (χ2v) is 7.25. The summed E-state index contributed by atoms with van der Waals surface area (Å²) in [5.41, 5.74) is 0.620. The zero-order valence-corrected chi connectivity index (χ0v) is 14.6. The summed E-state index contributed by atoms with van der Waals surface area (Å²) in [6.07, 6.45) is -2.30. The number of nitrogens with zero attached hydrogens (tertiary/aromatic N) is 2. The largest absolute Gasteiger partial charge is 0.391 e. The fraction of sp³-hybridized carbons (Fsp3) is 0.632. The van der Waals surface area contributed by atoms with Crippen LogP contribution in [0.25, 0.3) is 0 Å². The van der Waals surface area contributed by atoms with Crippen LogP contribution in [0, 0.1) is 11.7 Å². The van der Waals surface area contributed by atoms with E-state index in [1.54, 1.807) is 23.1 Å². The highest BCUT2D eigenvalue weighted by Gasteiger charge is 2.43. The molecule has 2 heterocycles. The van der Waals surface area contributed by atoms with Gasteiger partial charge in [0.1, 0.15) is 5.82 Å². The van der Waals surface area contributed by atoms with Crippen LogP contribution in [0.1, 0.15) is 31.2 Å². The molecule has 1 aromatic rings. The Labute approximate surface area is 151 Å². The van der Waals surface area contributed by atoms with Gasteiger partial charge in [0.25, 0.3) is 0 Å². The van der Waals surface area contributed by atoms with Crippen LogP contribution in [-0.2, 0) is 11.2 Å². The molecule has 0 saturated carbocycles. The number of hydrogen-bond acceptors (Lipinski definition) is 2. The fourth-order valence-electron chi connectivity index (χ4n) is 3.77. The van der Waals surface area contributed by atoms with E-state index in [1.165, 1.54) is 6.07 Å². The number of benzene rings is 1. The Balaban J connectivity index is 1.35. The van der Waals surface area contributed by atoms with Gasteiger partial charge in [-0.1, -0.05) is 18.2 Å². The van der Waals surface area contributed by atoms with E-state index in [-0.39, 0.29) is 30.6 Å². The Bertz CT molecular complexity index is 620. The van der Waals surface area contributed by atoms with Gasteiger partial charge < -0.3 is 4.90 Å². The molecule has 1 amide bonds. The van der Waals surface area contributed by atoms with Crippen molar-refractivity contribution in [2.45, 2.75) is 44.3 Å². The highest BCUT2D eigenvalue weighted by atomic mass is 19.4. The molecule has 0 radical (unpaired) electrons. The van der Waals surface area contributed by atoms with Crippen LogP contribution in [0.4, 0.5) is 17.6 Å². The molecule has 0 atom stereocenters. The maximum absolute atomic E-state index is 13.5. The van der Waals surface area contributed by atoms with Crippen molar-refractivity contribution in [3.05, 3.63) is 35.6 Å². The van der Waals surface area contributed by atoms with Crippen LogP contribution in [0.5, 0.6) is 0 Å². The van der Waals surface area contributed by atoms with Crippen molar-refractivity contribution >= 4 is 5.91 Å². The maximum atomic E-state index is 13.5. The number of carbonyl (C=O) groups excluding carboxylic acids is 1. The fourth-order valence-corrected chi connectivity index (χ4v) is 3.77. The number of halogens is 4. The van der Waals surface area contributed by atoms with Crippen molar-refractivity contribution in [2.24, 2.45) is 5.92 Å². The summed E-state index contributed by atoms with van der Waals surface area (Å²) in [6, 6.07) is 6.74. The second kappa shape index (κ2) is 7.94. The molecule has 0 spiro atoms. The van der Waals surface area contributed by atoms with Gasteiger partial charge >= 0.3 is 6.18 Å². The van der Waals surface area contributed by atoms with Gasteiger partial charge in [-0.15, -0.1) is 0 Å². The van der Waals surface area contributed by atoms with Crippen molar-refractivity contribution in [2.75, 3.05) is 26.2 Å². The van der Waals surface area contributed by atoms with Crippen LogP contribution in [-0.4, -0.2) is 54.1 Å². The van der Waals surface area contributed by atoms with Crippen molar-refractivity contribution in [1.82, 2.24) is 9.80 Å². The van der Waals surface area contributed by atoms with E-state index < -0.39 is 12.1 Å². The van der Waals surface area contributed by atoms with Gasteiger partial charge in [-0.05, 0) is 50.4 Å². The SMILES string of the molecule is O=C(CCCc1ccccc1F)N1CC(N2CCC(C(F)(F)F)CC2)C1. The first-order chi connectivity index (χ1) is 12.3. The Morgan fingerprint density at radius 3 is 2.38 bits per heavy atom. The summed E-state index contributed by atoms with van der Waals surface area (Å²) in [5.74, 6) is -1.39. The Morgan fingerprint density at radius 2 is 1.77 bits per heavy atom. The first-order valence-electron chi connectivity index (χ1n) is 9.16. The van der Waals surface area contributed by atoms with Crippen molar-refractivity contribution < 1.29 is 22.4 Å². The summed E-state index contributed by atoms with van der Waals surface area (Å²) >= 11 is 0. The van der Waals surface area contributed by atoms with Crippen LogP contribution in [0.3, 0.4) is 0 Å². The molecule has 0 aromatic heterocycles. The Morgan fingerprint density at radius 1 is 1.12 bits per heavy atom. The minimum Gasteiger partial charge on any atom is -0.339 e. The molecule has 0 unspecified atom stereocenters. The highest BCUT2D eigenvalue weighted by molar-refractivity contribution is 5.77. The van der Waals surface area contributed by atoms with Gasteiger partial charge in [-0.2, -0.15) is 13.2 Å². The zero-order valence-electron chi connectivity index (χ0n) is 14.6. The molecule has 2 saturated heterocycles. The standard InChI is InChI=1S/C19H24F4N2O/c20-17-6-2-1-4-14(17)5-3-7-18(26)25-12-16(13-25)24-10-8-15(9-11-24)19(21,22)23/h1-2,4,6,15-16H,3,5,7-13H2. The second-order valence-electron chi connectivity index (χ2n) is 7.25. The van der Waals surface area contributed by atoms with Gasteiger partial charge in [-0.3, -0.25) is 9.69 Å². The van der Waals surface area contributed by atoms with E-state index in [0.29, 0.717) is 51.0 Å². The predicted molar refractivity (Wildman–Crippen MR) is 90.1 cm³/mol. The minimum absolute atomic E-state index is 0.0442. The highest BCUT2D eigenvalue weighted by Crippen LogP contribution is 2.35. The van der Waals surface area contributed by atoms with Crippen LogP contribution >= 0.6 is 0 Å². The molecule has 2 aliphatic heterocycles. The van der Waals surface area contributed by atoms with E-state index in [2.05, 4.69) is 4.90 Å². The summed E-state index contributed by atoms with van der Waals surface area (Å²) in [7, 11) is 0. The molecule has 144 valence electrons. The van der Waals surface area contributed by atoms with Gasteiger partial charge in [0.05, 0.1) is 5.92 Å². The average Bonchev–Trinajstić information content (AvgIpc) is 2.55. The lowest BCUT2D eigenvalue weighted by atomic mass is 9.93. The first kappa shape index (κ1) is 19.1. The number of hydrogen-bond donors (Lipinski definition) is 0. The summed E-state index contributed by atoms with van der Waals surface area (Å²) < 4.78 is 51.7. The molecule has 0 bridgehead atoms. The number of piperidine rings is 1. The summed E-state index contributed by atoms with van der Waals surface area (Å²) in [5, 5.41) is 0. The monoisotopic (exact) mass is 372 g/mol. The van der Waals surface area contributed by atoms with Crippen LogP contribution in [0.15, 0.2) is 24.3 Å². The topological polar surface area (TPSA) is 23.6 Å². The molecule has 26 heavy (non-hydrogen) atoms. The van der Waals surface area contributed by atoms with Gasteiger partial charge in [0.2, 0.25) is 5.91 Å². The van der Waals surface area contributed by atoms with Crippen molar-refractivity contribution in [3.8, 4) is 0 Å². The molecule has 0 aliphatic carbocycles. The van der Waals surface area contributed by atoms with Crippen molar-refractivity contribution in [3.63, 3.8) is 0 Å². The molecule has 3 rings (SSSR count). The molecule has 2 aliphatic rings. The molecule has 3 nitrogen and oxygen atoms in total. The number of aryl methyl sites for hydroxylation is 1. The third-order valence-electron chi connectivity index (χ3n) is 5.52. The van der Waals surface area contributed by atoms with E-state index in [9.17, 15) is 22.4 Å². The lowest BCUT2D eigenvalue weighted by Crippen LogP contribution is -2.62. The summed E-state index contributed by atoms with van der Waals surface area (Å²) in [6.45, 7) is 2.08. The smallest absolute Gasteiger partial charge is 0.339 e. The van der Waals surface area contributed by atoms with E-state index >= 15 is 0 Å². The number of rotatable bonds is 5. The Hall–Kier alpha value is -1.63. The molecular formula is C19H24F4N2O. The first-order valence-corrected chi connectivity index (χ1v) is 9.16. The van der Waals surface area contributed by atoms with Crippen LogP contribution < -0.4 is 0 Å². The quantitative estimate of drug-likeness (QED) is 0.737. The lowest BCUT2D eigenvalue weighted by molar-refractivity contribution is -0.187. The van der Waals surface area contributed by atoms with Gasteiger partial charge in [0, 0.05) is 25.6 Å². The third-order valence-corrected chi connectivity index (χ3v) is 5.52. The normalized spacial score (nSPS) is 20.2. The van der Waals surface area contributed by atoms with Gasteiger partial charge in [-0.25, -0.2) is 4.39 Å². The lowest BCUT2D eigenvalue weighted by Gasteiger charge is -2.47. The van der Waals surface area contributed by atoms with Crippen LogP contribution in [0.2, 0.25) is 0 Å². The minimum atomic E-state index is -4.09. The third kappa shape index (κ3) is 4.55. The molecule has 0 N–H and O–H groups in total. The maximum Gasteiger partial charge on any atom is 0.391 e. The molecule has 1 aromatic carbocycles. The predicted octanol–water partition coefficient (Wildman–Crippen LogP) is 3.63. The van der Waals surface area contributed by atoms with Gasteiger partial charge in [0.15, 0.2) is 0 Å². The number of carbonyl (C=O) groups is 1. The molecule has 7 heteroatoms. The number of alkyl halides is 3. The van der Waals surface area contributed by atoms with Crippen molar-refractivity contribution in [1.29, 1.82) is 0 Å². The van der Waals surface area contributed by atoms with E-state index in [0.717, 1.165) is 0 Å². The average molecular weight is 372 g/mol. The number of likely N-dealkylation sites (tertiary alicyclic amines) is 2. The summed E-state index contributed by atoms with van der Waals surface area (Å²) in [4.78, 5) is 16.0. The van der Waals surface area contributed by atoms with E-state index in [4.69, 9.17) is 0 Å².